The number of pyridine rings is 1. The molecule has 3 atom stereocenters. The Labute approximate surface area is 396 Å². The molecule has 0 radical (unpaired) electrons. The molecule has 5 heterocycles. The molecular formula is C51H60FN7O8S. The van der Waals surface area contributed by atoms with Crippen LogP contribution >= 0.6 is 0 Å². The van der Waals surface area contributed by atoms with Gasteiger partial charge in [-0.25, -0.2) is 22.5 Å². The minimum Gasteiger partial charge on any atom is -0.489 e. The van der Waals surface area contributed by atoms with E-state index in [4.69, 9.17) is 9.47 Å². The molecule has 17 heteroatoms. The number of benzene rings is 3. The van der Waals surface area contributed by atoms with Gasteiger partial charge in [-0.05, 0) is 118 Å². The fourth-order valence-electron chi connectivity index (χ4n) is 11.7. The Morgan fingerprint density at radius 1 is 1.03 bits per heavy atom. The molecule has 15 nitrogen and oxygen atoms in total. The summed E-state index contributed by atoms with van der Waals surface area (Å²) in [5.74, 6) is -0.278. The van der Waals surface area contributed by atoms with Gasteiger partial charge in [-0.1, -0.05) is 44.5 Å². The molecule has 0 bridgehead atoms. The number of likely N-dealkylation sites (tertiary alicyclic amines) is 1. The lowest BCUT2D eigenvalue weighted by atomic mass is 9.70. The van der Waals surface area contributed by atoms with Crippen molar-refractivity contribution >= 4 is 44.0 Å². The van der Waals surface area contributed by atoms with E-state index in [1.54, 1.807) is 26.0 Å². The second kappa shape index (κ2) is 17.6. The van der Waals surface area contributed by atoms with Crippen molar-refractivity contribution in [2.24, 2.45) is 11.3 Å². The van der Waals surface area contributed by atoms with E-state index in [9.17, 15) is 32.8 Å². The highest BCUT2D eigenvalue weighted by molar-refractivity contribution is 7.90. The fourth-order valence-corrected chi connectivity index (χ4v) is 12.7. The number of hydrogen-bond acceptors (Lipinski definition) is 12. The first kappa shape index (κ1) is 46.0. The van der Waals surface area contributed by atoms with Crippen LogP contribution in [0.15, 0.2) is 71.8 Å². The number of aryl methyl sites for hydroxylation is 1. The lowest BCUT2D eigenvalue weighted by Crippen LogP contribution is -2.63. The van der Waals surface area contributed by atoms with E-state index < -0.39 is 42.9 Å². The van der Waals surface area contributed by atoms with Gasteiger partial charge >= 0.3 is 0 Å². The van der Waals surface area contributed by atoms with E-state index in [1.807, 2.05) is 0 Å². The smallest absolute Gasteiger partial charge is 0.297 e. The monoisotopic (exact) mass is 949 g/mol. The largest absolute Gasteiger partial charge is 0.489 e. The van der Waals surface area contributed by atoms with Crippen molar-refractivity contribution in [2.75, 3.05) is 43.0 Å². The van der Waals surface area contributed by atoms with Crippen LogP contribution in [0.2, 0.25) is 0 Å². The van der Waals surface area contributed by atoms with Crippen molar-refractivity contribution in [3.05, 3.63) is 105 Å². The van der Waals surface area contributed by atoms with Gasteiger partial charge < -0.3 is 29.8 Å². The summed E-state index contributed by atoms with van der Waals surface area (Å²) in [6, 6.07) is 17.8. The van der Waals surface area contributed by atoms with Crippen LogP contribution in [-0.2, 0) is 10.0 Å². The number of H-pyrrole nitrogens is 1. The van der Waals surface area contributed by atoms with Crippen LogP contribution in [0.5, 0.6) is 17.2 Å². The molecule has 1 spiro atoms. The van der Waals surface area contributed by atoms with Crippen LogP contribution < -0.4 is 24.4 Å². The molecule has 3 aromatic carbocycles. The SMILES string of the molecule is Cc1nc2[nH]cc(F)c2cc1Oc1cc(N2CCC3(CC2)CN(C2CCC[C@H]2c2ccccc2C(C)C)C3)ccc1C(=O)NS(=O)(=O)c1cc2c(c([N+](=O)[O-])c1)N[C@@H](C1CCC(C)(O)CC1)CO2. The molecule has 2 aliphatic carbocycles. The zero-order valence-electron chi connectivity index (χ0n) is 39.0. The third-order valence-corrected chi connectivity index (χ3v) is 16.9. The number of nitro groups is 1. The van der Waals surface area contributed by atoms with Crippen LogP contribution in [0.4, 0.5) is 21.5 Å². The van der Waals surface area contributed by atoms with Crippen molar-refractivity contribution in [3.8, 4) is 17.2 Å². The van der Waals surface area contributed by atoms with Crippen LogP contribution in [0.1, 0.15) is 118 Å². The number of carbonyl (C=O) groups is 1. The van der Waals surface area contributed by atoms with Gasteiger partial charge in [-0.2, -0.15) is 0 Å². The van der Waals surface area contributed by atoms with E-state index in [2.05, 4.69) is 67.9 Å². The maximum atomic E-state index is 14.8. The van der Waals surface area contributed by atoms with Crippen molar-refractivity contribution in [1.82, 2.24) is 19.6 Å². The zero-order chi connectivity index (χ0) is 47.7. The normalized spacial score (nSPS) is 24.8. The summed E-state index contributed by atoms with van der Waals surface area (Å²) in [5.41, 5.74) is 3.35. The van der Waals surface area contributed by atoms with E-state index in [-0.39, 0.29) is 57.9 Å². The molecule has 3 aliphatic heterocycles. The summed E-state index contributed by atoms with van der Waals surface area (Å²) in [4.78, 5) is 37.6. The number of hydrogen-bond donors (Lipinski definition) is 4. The predicted molar refractivity (Wildman–Crippen MR) is 257 cm³/mol. The number of anilines is 2. The Bertz CT molecular complexity index is 2880. The molecule has 4 fully saturated rings. The van der Waals surface area contributed by atoms with Crippen LogP contribution in [-0.4, -0.2) is 89.7 Å². The Balaban J connectivity index is 0.874. The summed E-state index contributed by atoms with van der Waals surface area (Å²) in [6.07, 6.45) is 9.42. The summed E-state index contributed by atoms with van der Waals surface area (Å²) in [5, 5.41) is 26.3. The number of aromatic nitrogens is 2. The van der Waals surface area contributed by atoms with Crippen LogP contribution in [0.3, 0.4) is 0 Å². The van der Waals surface area contributed by atoms with Gasteiger partial charge in [0.25, 0.3) is 21.6 Å². The summed E-state index contributed by atoms with van der Waals surface area (Å²) >= 11 is 0. The lowest BCUT2D eigenvalue weighted by Gasteiger charge is -2.57. The number of ether oxygens (including phenoxy) is 2. The van der Waals surface area contributed by atoms with Gasteiger partial charge in [0, 0.05) is 62.3 Å². The van der Waals surface area contributed by atoms with Crippen molar-refractivity contribution < 1.29 is 37.1 Å². The highest BCUT2D eigenvalue weighted by Gasteiger charge is 2.49. The van der Waals surface area contributed by atoms with E-state index in [0.29, 0.717) is 54.9 Å². The highest BCUT2D eigenvalue weighted by Crippen LogP contribution is 2.49. The number of rotatable bonds is 11. The maximum absolute atomic E-state index is 14.8. The number of sulfonamides is 1. The van der Waals surface area contributed by atoms with Crippen LogP contribution in [0.25, 0.3) is 11.0 Å². The molecular weight excluding hydrogens is 890 g/mol. The van der Waals surface area contributed by atoms with Gasteiger partial charge in [0.1, 0.15) is 29.6 Å². The van der Waals surface area contributed by atoms with E-state index in [0.717, 1.165) is 50.8 Å². The first-order valence-corrected chi connectivity index (χ1v) is 25.5. The number of halogens is 1. The molecule has 10 rings (SSSR count). The van der Waals surface area contributed by atoms with E-state index in [1.165, 1.54) is 54.8 Å². The first-order chi connectivity index (χ1) is 32.5. The first-order valence-electron chi connectivity index (χ1n) is 24.0. The number of aromatic amines is 1. The molecule has 4 N–H and O–H groups in total. The molecule has 2 saturated heterocycles. The van der Waals surface area contributed by atoms with Crippen molar-refractivity contribution in [3.63, 3.8) is 0 Å². The average Bonchev–Trinajstić information content (AvgIpc) is 3.93. The molecule has 5 aromatic rings. The Kier molecular flexibility index (Phi) is 11.9. The summed E-state index contributed by atoms with van der Waals surface area (Å²) < 4.78 is 57.3. The second-order valence-corrected chi connectivity index (χ2v) is 22.3. The quantitative estimate of drug-likeness (QED) is 0.0726. The number of fused-ring (bicyclic) bond motifs is 2. The molecule has 1 amide bonds. The maximum Gasteiger partial charge on any atom is 0.297 e. The number of piperidine rings is 1. The Morgan fingerprint density at radius 3 is 2.51 bits per heavy atom. The van der Waals surface area contributed by atoms with Crippen LogP contribution in [0, 0.1) is 34.2 Å². The van der Waals surface area contributed by atoms with Gasteiger partial charge in [-0.3, -0.25) is 19.8 Å². The topological polar surface area (TPSA) is 192 Å². The standard InChI is InChI=1S/C51H60FN7O8S/c1-30(2)35-8-5-6-9-36(35)37-10-7-11-42(37)58-28-51(29-58)18-20-57(21-19-51)33-12-13-38(45(22-33)67-44-25-39-40(52)26-53-48(39)54-31(44)3)49(60)56-68(64,65)34-23-43(59(62)63)47-46(24-34)66-27-41(55-47)32-14-16-50(4,61)17-15-32/h5-6,8-9,12-13,22-26,30,32,37,41-42,55,61H,7,10-11,14-21,27-29H2,1-4H3,(H,53,54)(H,56,60)/t32?,37-,41+,42?,50?/m0/s1. The molecule has 5 aliphatic rings. The molecule has 68 heavy (non-hydrogen) atoms. The van der Waals surface area contributed by atoms with Crippen molar-refractivity contribution in [2.45, 2.75) is 120 Å². The number of aliphatic hydroxyl groups is 1. The number of nitrogens with zero attached hydrogens (tertiary/aromatic N) is 4. The van der Waals surface area contributed by atoms with Gasteiger partial charge in [0.2, 0.25) is 0 Å². The minimum absolute atomic E-state index is 0.0251. The highest BCUT2D eigenvalue weighted by atomic mass is 32.2. The third kappa shape index (κ3) is 8.77. The lowest BCUT2D eigenvalue weighted by molar-refractivity contribution is -0.384. The summed E-state index contributed by atoms with van der Waals surface area (Å²) in [6.45, 7) is 11.9. The Morgan fingerprint density at radius 2 is 1.78 bits per heavy atom. The summed E-state index contributed by atoms with van der Waals surface area (Å²) in [7, 11) is -4.72. The van der Waals surface area contributed by atoms with Crippen molar-refractivity contribution in [1.29, 1.82) is 0 Å². The fraction of sp³-hybridized carbons (Fsp3) is 0.490. The van der Waals surface area contributed by atoms with Gasteiger partial charge in [0.15, 0.2) is 11.4 Å². The number of amides is 1. The third-order valence-electron chi connectivity index (χ3n) is 15.6. The number of nitro benzene ring substituents is 1. The van der Waals surface area contributed by atoms with E-state index >= 15 is 0 Å². The molecule has 360 valence electrons. The molecule has 2 aromatic heterocycles. The molecule has 1 unspecified atom stereocenters. The predicted octanol–water partition coefficient (Wildman–Crippen LogP) is 9.31. The zero-order valence-corrected chi connectivity index (χ0v) is 39.8. The minimum atomic E-state index is -4.72. The molecule has 2 saturated carbocycles. The van der Waals surface area contributed by atoms with Gasteiger partial charge in [0.05, 0.1) is 38.1 Å². The Hall–Kier alpha value is -5.78. The number of nitrogens with one attached hydrogen (secondary N) is 3. The van der Waals surface area contributed by atoms with Gasteiger partial charge in [-0.15, -0.1) is 0 Å². The second-order valence-electron chi connectivity index (χ2n) is 20.6. The average molecular weight is 950 g/mol. The number of carbonyl (C=O) groups excluding carboxylic acids is 1.